The molecule has 1 heterocycles. The number of hydrogen-bond acceptors (Lipinski definition) is 6. The Morgan fingerprint density at radius 1 is 1.45 bits per heavy atom. The molecule has 0 atom stereocenters. The number of aromatic nitrogens is 2. The first-order chi connectivity index (χ1) is 9.61. The van der Waals surface area contributed by atoms with Gasteiger partial charge in [-0.1, -0.05) is 6.07 Å². The second kappa shape index (κ2) is 6.74. The van der Waals surface area contributed by atoms with Crippen molar-refractivity contribution in [2.45, 2.75) is 19.9 Å². The molecule has 0 spiro atoms. The van der Waals surface area contributed by atoms with Crippen LogP contribution in [0.5, 0.6) is 0 Å². The summed E-state index contributed by atoms with van der Waals surface area (Å²) in [5.74, 6) is -0.118. The maximum absolute atomic E-state index is 12.1. The summed E-state index contributed by atoms with van der Waals surface area (Å²) in [7, 11) is 0. The maximum Gasteiger partial charge on any atom is 0.238 e. The maximum atomic E-state index is 12.1. The lowest BCUT2D eigenvalue weighted by Crippen LogP contribution is -2.39. The Bertz CT molecular complexity index is 585. The van der Waals surface area contributed by atoms with Crippen LogP contribution in [-0.4, -0.2) is 50.4 Å². The van der Waals surface area contributed by atoms with E-state index in [1.165, 1.54) is 0 Å². The van der Waals surface area contributed by atoms with Crippen LogP contribution in [0.1, 0.15) is 13.8 Å². The third-order valence-electron chi connectivity index (χ3n) is 3.02. The van der Waals surface area contributed by atoms with Gasteiger partial charge in [0.05, 0.1) is 30.6 Å². The van der Waals surface area contributed by atoms with Crippen LogP contribution in [0.2, 0.25) is 0 Å². The number of nitrogens with one attached hydrogen (secondary N) is 1. The number of carbonyl (C=O) groups is 1. The first-order valence-electron chi connectivity index (χ1n) is 6.48. The van der Waals surface area contributed by atoms with E-state index >= 15 is 0 Å². The molecule has 2 N–H and O–H groups in total. The summed E-state index contributed by atoms with van der Waals surface area (Å²) in [6.45, 7) is 4.75. The van der Waals surface area contributed by atoms with E-state index in [9.17, 15) is 4.79 Å². The van der Waals surface area contributed by atoms with E-state index in [1.54, 1.807) is 0 Å². The van der Waals surface area contributed by atoms with Crippen molar-refractivity contribution in [2.24, 2.45) is 0 Å². The lowest BCUT2D eigenvalue weighted by atomic mass is 10.2. The predicted molar refractivity (Wildman–Crippen MR) is 79.8 cm³/mol. The number of fused-ring (bicyclic) bond motifs is 1. The minimum absolute atomic E-state index is 0.0387. The molecule has 2 rings (SSSR count). The van der Waals surface area contributed by atoms with Crippen LogP contribution in [-0.2, 0) is 4.79 Å². The molecule has 1 amide bonds. The van der Waals surface area contributed by atoms with Gasteiger partial charge in [0.2, 0.25) is 5.91 Å². The number of nitrogens with zero attached hydrogens (tertiary/aromatic N) is 3. The number of aliphatic hydroxyl groups excluding tert-OH is 1. The van der Waals surface area contributed by atoms with Crippen molar-refractivity contribution in [1.29, 1.82) is 0 Å². The van der Waals surface area contributed by atoms with Crippen LogP contribution in [0.4, 0.5) is 5.69 Å². The highest BCUT2D eigenvalue weighted by atomic mass is 32.1. The Morgan fingerprint density at radius 2 is 2.25 bits per heavy atom. The van der Waals surface area contributed by atoms with Gasteiger partial charge >= 0.3 is 0 Å². The van der Waals surface area contributed by atoms with Crippen LogP contribution in [0, 0.1) is 0 Å². The SMILES string of the molecule is CC(C)N(CCO)CC(=O)Nc1cccc2nsnc12. The average molecular weight is 294 g/mol. The predicted octanol–water partition coefficient (Wildman–Crippen LogP) is 1.33. The zero-order valence-corrected chi connectivity index (χ0v) is 12.4. The number of amides is 1. The van der Waals surface area contributed by atoms with Crippen LogP contribution >= 0.6 is 11.7 Å². The molecule has 0 saturated carbocycles. The van der Waals surface area contributed by atoms with Gasteiger partial charge in [0.15, 0.2) is 0 Å². The first kappa shape index (κ1) is 14.8. The fourth-order valence-electron chi connectivity index (χ4n) is 1.93. The van der Waals surface area contributed by atoms with E-state index < -0.39 is 0 Å². The van der Waals surface area contributed by atoms with Gasteiger partial charge in [0, 0.05) is 12.6 Å². The standard InChI is InChI=1S/C13H18N4O2S/c1-9(2)17(6-7-18)8-12(19)14-10-4-3-5-11-13(10)16-20-15-11/h3-5,9,18H,6-8H2,1-2H3,(H,14,19). The van der Waals surface area contributed by atoms with E-state index in [-0.39, 0.29) is 25.1 Å². The van der Waals surface area contributed by atoms with Crippen molar-refractivity contribution in [1.82, 2.24) is 13.6 Å². The Labute approximate surface area is 121 Å². The van der Waals surface area contributed by atoms with Gasteiger partial charge in [-0.15, -0.1) is 0 Å². The molecule has 6 nitrogen and oxygen atoms in total. The highest BCUT2D eigenvalue weighted by Gasteiger charge is 2.15. The van der Waals surface area contributed by atoms with Gasteiger partial charge in [-0.2, -0.15) is 8.75 Å². The minimum atomic E-state index is -0.118. The quantitative estimate of drug-likeness (QED) is 0.840. The second-order valence-electron chi connectivity index (χ2n) is 4.77. The molecule has 0 bridgehead atoms. The van der Waals surface area contributed by atoms with Crippen molar-refractivity contribution in [3.63, 3.8) is 0 Å². The van der Waals surface area contributed by atoms with Crippen molar-refractivity contribution in [3.05, 3.63) is 18.2 Å². The van der Waals surface area contributed by atoms with Crippen molar-refractivity contribution >= 4 is 34.4 Å². The zero-order valence-electron chi connectivity index (χ0n) is 11.5. The number of aliphatic hydroxyl groups is 1. The summed E-state index contributed by atoms with van der Waals surface area (Å²) in [6, 6.07) is 5.71. The van der Waals surface area contributed by atoms with Crippen molar-refractivity contribution in [2.75, 3.05) is 25.0 Å². The number of hydrogen-bond donors (Lipinski definition) is 2. The van der Waals surface area contributed by atoms with Gasteiger partial charge in [0.1, 0.15) is 11.0 Å². The highest BCUT2D eigenvalue weighted by molar-refractivity contribution is 7.00. The lowest BCUT2D eigenvalue weighted by Gasteiger charge is -2.24. The molecule has 0 radical (unpaired) electrons. The monoisotopic (exact) mass is 294 g/mol. The molecular formula is C13H18N4O2S. The molecule has 108 valence electrons. The van der Waals surface area contributed by atoms with E-state index in [0.717, 1.165) is 17.2 Å². The Balaban J connectivity index is 2.05. The fourth-order valence-corrected chi connectivity index (χ4v) is 2.48. The minimum Gasteiger partial charge on any atom is -0.395 e. The van der Waals surface area contributed by atoms with E-state index in [2.05, 4.69) is 14.1 Å². The molecule has 0 aliphatic rings. The number of anilines is 1. The van der Waals surface area contributed by atoms with Gasteiger partial charge in [-0.05, 0) is 26.0 Å². The lowest BCUT2D eigenvalue weighted by molar-refractivity contribution is -0.117. The summed E-state index contributed by atoms with van der Waals surface area (Å²) in [5.41, 5.74) is 2.17. The molecular weight excluding hydrogens is 276 g/mol. The number of rotatable bonds is 6. The van der Waals surface area contributed by atoms with E-state index in [0.29, 0.717) is 17.7 Å². The van der Waals surface area contributed by atoms with E-state index in [1.807, 2.05) is 36.9 Å². The third kappa shape index (κ3) is 3.50. The second-order valence-corrected chi connectivity index (χ2v) is 5.30. The van der Waals surface area contributed by atoms with Gasteiger partial charge in [0.25, 0.3) is 0 Å². The van der Waals surface area contributed by atoms with E-state index in [4.69, 9.17) is 5.11 Å². The summed E-state index contributed by atoms with van der Waals surface area (Å²) in [6.07, 6.45) is 0. The van der Waals surface area contributed by atoms with Gasteiger partial charge in [-0.25, -0.2) is 0 Å². The fraction of sp³-hybridized carbons (Fsp3) is 0.462. The van der Waals surface area contributed by atoms with Crippen molar-refractivity contribution < 1.29 is 9.90 Å². The summed E-state index contributed by atoms with van der Waals surface area (Å²) < 4.78 is 8.33. The smallest absolute Gasteiger partial charge is 0.238 e. The molecule has 20 heavy (non-hydrogen) atoms. The molecule has 1 aromatic carbocycles. The number of carbonyl (C=O) groups excluding carboxylic acids is 1. The summed E-state index contributed by atoms with van der Waals surface area (Å²) >= 11 is 1.13. The topological polar surface area (TPSA) is 78.4 Å². The third-order valence-corrected chi connectivity index (χ3v) is 3.57. The van der Waals surface area contributed by atoms with Crippen LogP contribution in [0.15, 0.2) is 18.2 Å². The summed E-state index contributed by atoms with van der Waals surface area (Å²) in [4.78, 5) is 14.0. The average Bonchev–Trinajstić information content (AvgIpc) is 2.87. The normalized spacial score (nSPS) is 11.4. The number of benzene rings is 1. The van der Waals surface area contributed by atoms with Gasteiger partial charge < -0.3 is 10.4 Å². The molecule has 7 heteroatoms. The zero-order chi connectivity index (χ0) is 14.5. The van der Waals surface area contributed by atoms with Crippen LogP contribution in [0.25, 0.3) is 11.0 Å². The van der Waals surface area contributed by atoms with Crippen LogP contribution < -0.4 is 5.32 Å². The molecule has 0 fully saturated rings. The highest BCUT2D eigenvalue weighted by Crippen LogP contribution is 2.21. The Kier molecular flexibility index (Phi) is 4.99. The molecule has 2 aromatic rings. The van der Waals surface area contributed by atoms with Gasteiger partial charge in [-0.3, -0.25) is 9.69 Å². The Hall–Kier alpha value is -1.57. The largest absolute Gasteiger partial charge is 0.395 e. The molecule has 1 aromatic heterocycles. The first-order valence-corrected chi connectivity index (χ1v) is 7.21. The van der Waals surface area contributed by atoms with Crippen LogP contribution in [0.3, 0.4) is 0 Å². The van der Waals surface area contributed by atoms with Crippen molar-refractivity contribution in [3.8, 4) is 0 Å². The Morgan fingerprint density at radius 3 is 2.95 bits per heavy atom. The molecule has 0 unspecified atom stereocenters. The molecule has 0 aliphatic carbocycles. The molecule has 0 saturated heterocycles. The molecule has 0 aliphatic heterocycles. The summed E-state index contributed by atoms with van der Waals surface area (Å²) in [5, 5.41) is 11.9.